The summed E-state index contributed by atoms with van der Waals surface area (Å²) in [5.41, 5.74) is -0.309. The van der Waals surface area contributed by atoms with Crippen molar-refractivity contribution in [2.45, 2.75) is 12.1 Å². The third kappa shape index (κ3) is 4.61. The van der Waals surface area contributed by atoms with Gasteiger partial charge in [0.25, 0.3) is 0 Å². The molecule has 0 amide bonds. The molecule has 1 rings (SSSR count). The number of hydrogen-bond acceptors (Lipinski definition) is 8. The normalized spacial score (nSPS) is 12.3. The SMILES string of the molecule is CCOC(=O)c1coc(S(=O)(=O)CCS(N)(=O)=O)n1. The van der Waals surface area contributed by atoms with Crippen molar-refractivity contribution in [2.24, 2.45) is 5.14 Å². The number of oxazole rings is 1. The Balaban J connectivity index is 2.89. The van der Waals surface area contributed by atoms with Crippen LogP contribution < -0.4 is 5.14 Å². The molecule has 1 aromatic rings. The number of sulfonamides is 1. The number of nitrogens with zero attached hydrogens (tertiary/aromatic N) is 1. The topological polar surface area (TPSA) is 147 Å². The molecule has 0 aromatic carbocycles. The standard InChI is InChI=1S/C8H12N2O7S2/c1-2-16-7(11)6-5-17-8(10-6)18(12,13)3-4-19(9,14)15/h5H,2-4H2,1H3,(H2,9,14,15). The van der Waals surface area contributed by atoms with E-state index < -0.39 is 42.6 Å². The van der Waals surface area contributed by atoms with Gasteiger partial charge < -0.3 is 9.15 Å². The molecule has 0 aliphatic carbocycles. The average molecular weight is 312 g/mol. The van der Waals surface area contributed by atoms with Crippen LogP contribution in [0.25, 0.3) is 0 Å². The van der Waals surface area contributed by atoms with Crippen LogP contribution in [0.15, 0.2) is 15.9 Å². The molecule has 0 saturated heterocycles. The van der Waals surface area contributed by atoms with Crippen LogP contribution in [0.4, 0.5) is 0 Å². The smallest absolute Gasteiger partial charge is 0.360 e. The molecular formula is C8H12N2O7S2. The minimum atomic E-state index is -4.07. The zero-order valence-electron chi connectivity index (χ0n) is 9.90. The molecule has 0 aliphatic rings. The van der Waals surface area contributed by atoms with Crippen molar-refractivity contribution in [1.82, 2.24) is 4.98 Å². The minimum Gasteiger partial charge on any atom is -0.461 e. The van der Waals surface area contributed by atoms with Crippen LogP contribution in [-0.4, -0.2) is 45.9 Å². The lowest BCUT2D eigenvalue weighted by Gasteiger charge is -1.98. The zero-order chi connectivity index (χ0) is 14.7. The maximum atomic E-state index is 11.6. The summed E-state index contributed by atoms with van der Waals surface area (Å²) in [6.07, 6.45) is 0.821. The number of carbonyl (C=O) groups is 1. The first kappa shape index (κ1) is 15.6. The molecule has 9 nitrogen and oxygen atoms in total. The Hall–Kier alpha value is -1.46. The van der Waals surface area contributed by atoms with Gasteiger partial charge in [-0.05, 0) is 6.92 Å². The molecule has 0 radical (unpaired) electrons. The number of primary sulfonamides is 1. The highest BCUT2D eigenvalue weighted by Gasteiger charge is 2.25. The Bertz CT molecular complexity index is 659. The number of hydrogen-bond donors (Lipinski definition) is 1. The Labute approximate surface area is 109 Å². The molecule has 0 saturated carbocycles. The zero-order valence-corrected chi connectivity index (χ0v) is 11.5. The fraction of sp³-hybridized carbons (Fsp3) is 0.500. The summed E-state index contributed by atoms with van der Waals surface area (Å²) in [6.45, 7) is 1.67. The summed E-state index contributed by atoms with van der Waals surface area (Å²) >= 11 is 0. The van der Waals surface area contributed by atoms with E-state index in [4.69, 9.17) is 5.14 Å². The van der Waals surface area contributed by atoms with Crippen molar-refractivity contribution in [3.8, 4) is 0 Å². The quantitative estimate of drug-likeness (QED) is 0.652. The molecule has 0 fully saturated rings. The summed E-state index contributed by atoms with van der Waals surface area (Å²) in [7, 11) is -7.99. The average Bonchev–Trinajstić information content (AvgIpc) is 2.76. The molecule has 0 unspecified atom stereocenters. The van der Waals surface area contributed by atoms with Gasteiger partial charge >= 0.3 is 11.2 Å². The molecule has 11 heteroatoms. The van der Waals surface area contributed by atoms with Gasteiger partial charge in [-0.25, -0.2) is 26.8 Å². The van der Waals surface area contributed by atoms with E-state index in [1.54, 1.807) is 6.92 Å². The van der Waals surface area contributed by atoms with Crippen LogP contribution >= 0.6 is 0 Å². The van der Waals surface area contributed by atoms with E-state index in [1.807, 2.05) is 0 Å². The van der Waals surface area contributed by atoms with E-state index in [0.717, 1.165) is 6.26 Å². The first-order valence-electron chi connectivity index (χ1n) is 5.01. The molecule has 0 aliphatic heterocycles. The number of esters is 1. The van der Waals surface area contributed by atoms with Gasteiger partial charge in [-0.1, -0.05) is 0 Å². The summed E-state index contributed by atoms with van der Waals surface area (Å²) in [6, 6.07) is 0. The highest BCUT2D eigenvalue weighted by atomic mass is 32.2. The van der Waals surface area contributed by atoms with Crippen LogP contribution in [0.5, 0.6) is 0 Å². The number of carbonyl (C=O) groups excluding carboxylic acids is 1. The predicted octanol–water partition coefficient (Wildman–Crippen LogP) is -1.09. The van der Waals surface area contributed by atoms with Crippen molar-refractivity contribution in [3.63, 3.8) is 0 Å². The van der Waals surface area contributed by atoms with E-state index in [9.17, 15) is 21.6 Å². The van der Waals surface area contributed by atoms with Crippen LogP contribution in [-0.2, 0) is 24.6 Å². The largest absolute Gasteiger partial charge is 0.461 e. The van der Waals surface area contributed by atoms with Crippen molar-refractivity contribution in [3.05, 3.63) is 12.0 Å². The summed E-state index contributed by atoms with van der Waals surface area (Å²) in [5, 5.41) is 3.95. The first-order valence-corrected chi connectivity index (χ1v) is 8.38. The molecular weight excluding hydrogens is 300 g/mol. The third-order valence-corrected chi connectivity index (χ3v) is 4.36. The van der Waals surface area contributed by atoms with Crippen LogP contribution in [0.2, 0.25) is 0 Å². The van der Waals surface area contributed by atoms with Gasteiger partial charge in [0, 0.05) is 0 Å². The van der Waals surface area contributed by atoms with E-state index in [0.29, 0.717) is 0 Å². The van der Waals surface area contributed by atoms with Crippen LogP contribution in [0.1, 0.15) is 17.4 Å². The predicted molar refractivity (Wildman–Crippen MR) is 62.5 cm³/mol. The fourth-order valence-corrected chi connectivity index (χ4v) is 3.43. The van der Waals surface area contributed by atoms with Gasteiger partial charge in [0.15, 0.2) is 5.69 Å². The molecule has 1 heterocycles. The van der Waals surface area contributed by atoms with Crippen molar-refractivity contribution < 1.29 is 30.8 Å². The molecule has 19 heavy (non-hydrogen) atoms. The lowest BCUT2D eigenvalue weighted by Crippen LogP contribution is -2.23. The Kier molecular flexibility index (Phi) is 4.66. The Morgan fingerprint density at radius 2 is 2.00 bits per heavy atom. The van der Waals surface area contributed by atoms with Crippen molar-refractivity contribution >= 4 is 25.8 Å². The van der Waals surface area contributed by atoms with E-state index in [-0.39, 0.29) is 12.3 Å². The van der Waals surface area contributed by atoms with Crippen molar-refractivity contribution in [2.75, 3.05) is 18.1 Å². The first-order chi connectivity index (χ1) is 8.65. The van der Waals surface area contributed by atoms with Crippen molar-refractivity contribution in [1.29, 1.82) is 0 Å². The van der Waals surface area contributed by atoms with Gasteiger partial charge in [0.1, 0.15) is 6.26 Å². The number of sulfone groups is 1. The molecule has 0 spiro atoms. The van der Waals surface area contributed by atoms with E-state index in [2.05, 4.69) is 14.1 Å². The van der Waals surface area contributed by atoms with E-state index >= 15 is 0 Å². The summed E-state index contributed by atoms with van der Waals surface area (Å²) in [4.78, 5) is 14.7. The van der Waals surface area contributed by atoms with E-state index in [1.165, 1.54) is 0 Å². The van der Waals surface area contributed by atoms with Crippen LogP contribution in [0, 0.1) is 0 Å². The second-order valence-corrected chi connectivity index (χ2v) is 7.13. The summed E-state index contributed by atoms with van der Waals surface area (Å²) < 4.78 is 53.9. The second-order valence-electron chi connectivity index (χ2n) is 3.40. The molecule has 108 valence electrons. The number of aromatic nitrogens is 1. The van der Waals surface area contributed by atoms with Gasteiger partial charge in [-0.15, -0.1) is 0 Å². The summed E-state index contributed by atoms with van der Waals surface area (Å²) in [5.74, 6) is -2.39. The number of ether oxygens (including phenoxy) is 1. The Morgan fingerprint density at radius 3 is 2.53 bits per heavy atom. The minimum absolute atomic E-state index is 0.0964. The Morgan fingerprint density at radius 1 is 1.37 bits per heavy atom. The van der Waals surface area contributed by atoms with Gasteiger partial charge in [-0.2, -0.15) is 4.98 Å². The lowest BCUT2D eigenvalue weighted by atomic mass is 10.5. The third-order valence-electron chi connectivity index (χ3n) is 1.87. The molecule has 0 atom stereocenters. The highest BCUT2D eigenvalue weighted by molar-refractivity contribution is 7.94. The monoisotopic (exact) mass is 312 g/mol. The number of rotatable bonds is 6. The second kappa shape index (κ2) is 5.67. The van der Waals surface area contributed by atoms with Gasteiger partial charge in [-0.3, -0.25) is 0 Å². The van der Waals surface area contributed by atoms with Gasteiger partial charge in [0.2, 0.25) is 19.9 Å². The van der Waals surface area contributed by atoms with Crippen LogP contribution in [0.3, 0.4) is 0 Å². The number of nitrogens with two attached hydrogens (primary N) is 1. The highest BCUT2D eigenvalue weighted by Crippen LogP contribution is 2.12. The molecule has 2 N–H and O–H groups in total. The maximum absolute atomic E-state index is 11.6. The maximum Gasteiger partial charge on any atom is 0.360 e. The molecule has 1 aromatic heterocycles. The molecule has 0 bridgehead atoms. The van der Waals surface area contributed by atoms with Gasteiger partial charge in [0.05, 0.1) is 18.1 Å². The lowest BCUT2D eigenvalue weighted by molar-refractivity contribution is 0.0519. The fourth-order valence-electron chi connectivity index (χ4n) is 1.01.